The van der Waals surface area contributed by atoms with Crippen molar-refractivity contribution in [2.45, 2.75) is 19.9 Å². The average molecular weight is 238 g/mol. The molecule has 6 heteroatoms. The molecule has 0 aliphatic carbocycles. The molecule has 1 aromatic heterocycles. The highest BCUT2D eigenvalue weighted by Crippen LogP contribution is 2.14. The number of nitrogens with one attached hydrogen (secondary N) is 1. The molecular weight excluding hydrogens is 220 g/mol. The highest BCUT2D eigenvalue weighted by molar-refractivity contribution is 5.74. The molecule has 1 rings (SSSR count). The maximum absolute atomic E-state index is 11.0. The first-order chi connectivity index (χ1) is 8.04. The van der Waals surface area contributed by atoms with Crippen molar-refractivity contribution in [3.05, 3.63) is 12.4 Å². The van der Waals surface area contributed by atoms with Gasteiger partial charge in [0.25, 0.3) is 0 Å². The van der Waals surface area contributed by atoms with Crippen molar-refractivity contribution in [1.82, 2.24) is 9.97 Å². The van der Waals surface area contributed by atoms with E-state index in [4.69, 9.17) is 0 Å². The fraction of sp³-hybridized carbons (Fsp3) is 0.545. The van der Waals surface area contributed by atoms with Crippen LogP contribution >= 0.6 is 0 Å². The van der Waals surface area contributed by atoms with Crippen molar-refractivity contribution in [1.29, 1.82) is 0 Å². The lowest BCUT2D eigenvalue weighted by molar-refractivity contribution is -0.138. The molecule has 0 amide bonds. The SMILES string of the molecule is COC(=O)CNc1cc(N(C)C(C)C)ncn1. The van der Waals surface area contributed by atoms with Crippen LogP contribution in [0.25, 0.3) is 0 Å². The van der Waals surface area contributed by atoms with Crippen LogP contribution in [0.3, 0.4) is 0 Å². The van der Waals surface area contributed by atoms with E-state index in [1.807, 2.05) is 11.9 Å². The van der Waals surface area contributed by atoms with Crippen molar-refractivity contribution in [2.75, 3.05) is 30.9 Å². The summed E-state index contributed by atoms with van der Waals surface area (Å²) < 4.78 is 4.53. The fourth-order valence-electron chi connectivity index (χ4n) is 1.14. The predicted molar refractivity (Wildman–Crippen MR) is 66.1 cm³/mol. The van der Waals surface area contributed by atoms with Gasteiger partial charge in [0, 0.05) is 19.2 Å². The summed E-state index contributed by atoms with van der Waals surface area (Å²) in [5.41, 5.74) is 0. The minimum Gasteiger partial charge on any atom is -0.468 e. The number of ether oxygens (including phenoxy) is 1. The second kappa shape index (κ2) is 6.03. The molecule has 0 saturated carbocycles. The van der Waals surface area contributed by atoms with Crippen molar-refractivity contribution in [2.24, 2.45) is 0 Å². The summed E-state index contributed by atoms with van der Waals surface area (Å²) in [7, 11) is 3.30. The summed E-state index contributed by atoms with van der Waals surface area (Å²) in [5.74, 6) is 1.08. The standard InChI is InChI=1S/C11H18N4O2/c1-8(2)15(3)10-5-9(13-7-14-10)12-6-11(16)17-4/h5,7-8H,6H2,1-4H3,(H,12,13,14). The zero-order valence-electron chi connectivity index (χ0n) is 10.6. The van der Waals surface area contributed by atoms with Crippen molar-refractivity contribution < 1.29 is 9.53 Å². The predicted octanol–water partition coefficient (Wildman–Crippen LogP) is 0.906. The van der Waals surface area contributed by atoms with Crippen LogP contribution < -0.4 is 10.2 Å². The zero-order chi connectivity index (χ0) is 12.8. The molecule has 1 N–H and O–H groups in total. The number of esters is 1. The number of hydrogen-bond donors (Lipinski definition) is 1. The molecule has 0 unspecified atom stereocenters. The zero-order valence-corrected chi connectivity index (χ0v) is 10.6. The van der Waals surface area contributed by atoms with Gasteiger partial charge in [0.15, 0.2) is 0 Å². The topological polar surface area (TPSA) is 67.3 Å². The smallest absolute Gasteiger partial charge is 0.325 e. The quantitative estimate of drug-likeness (QED) is 0.769. The van der Waals surface area contributed by atoms with E-state index in [0.717, 1.165) is 5.82 Å². The largest absolute Gasteiger partial charge is 0.468 e. The van der Waals surface area contributed by atoms with Gasteiger partial charge in [-0.3, -0.25) is 4.79 Å². The van der Waals surface area contributed by atoms with E-state index in [1.165, 1.54) is 13.4 Å². The summed E-state index contributed by atoms with van der Waals surface area (Å²) in [6, 6.07) is 2.14. The van der Waals surface area contributed by atoms with Crippen LogP contribution in [0.4, 0.5) is 11.6 Å². The number of aromatic nitrogens is 2. The Labute approximate surface area is 101 Å². The summed E-state index contributed by atoms with van der Waals surface area (Å²) >= 11 is 0. The van der Waals surface area contributed by atoms with Crippen molar-refractivity contribution in [3.63, 3.8) is 0 Å². The number of methoxy groups -OCH3 is 1. The number of rotatable bonds is 5. The normalized spacial score (nSPS) is 10.2. The first kappa shape index (κ1) is 13.2. The van der Waals surface area contributed by atoms with Crippen LogP contribution in [-0.2, 0) is 9.53 Å². The van der Waals surface area contributed by atoms with Crippen LogP contribution in [0.15, 0.2) is 12.4 Å². The maximum Gasteiger partial charge on any atom is 0.325 e. The van der Waals surface area contributed by atoms with Gasteiger partial charge in [-0.05, 0) is 13.8 Å². The number of hydrogen-bond acceptors (Lipinski definition) is 6. The molecule has 1 heterocycles. The monoisotopic (exact) mass is 238 g/mol. The van der Waals surface area contributed by atoms with E-state index >= 15 is 0 Å². The Morgan fingerprint density at radius 2 is 2.24 bits per heavy atom. The van der Waals surface area contributed by atoms with Gasteiger partial charge in [0.2, 0.25) is 0 Å². The summed E-state index contributed by atoms with van der Waals surface area (Å²) in [4.78, 5) is 21.2. The van der Waals surface area contributed by atoms with E-state index in [-0.39, 0.29) is 12.5 Å². The second-order valence-electron chi connectivity index (χ2n) is 3.90. The van der Waals surface area contributed by atoms with Crippen LogP contribution in [-0.4, -0.2) is 42.7 Å². The Morgan fingerprint density at radius 3 is 2.82 bits per heavy atom. The molecule has 1 aromatic rings. The first-order valence-electron chi connectivity index (χ1n) is 5.40. The van der Waals surface area contributed by atoms with E-state index in [0.29, 0.717) is 11.9 Å². The van der Waals surface area contributed by atoms with Gasteiger partial charge in [-0.15, -0.1) is 0 Å². The third-order valence-electron chi connectivity index (χ3n) is 2.43. The van der Waals surface area contributed by atoms with Crippen LogP contribution in [0.1, 0.15) is 13.8 Å². The summed E-state index contributed by atoms with van der Waals surface area (Å²) in [5, 5.41) is 2.88. The lowest BCUT2D eigenvalue weighted by Gasteiger charge is -2.22. The Kier molecular flexibility index (Phi) is 4.68. The fourth-order valence-corrected chi connectivity index (χ4v) is 1.14. The van der Waals surface area contributed by atoms with E-state index in [2.05, 4.69) is 33.9 Å². The van der Waals surface area contributed by atoms with Gasteiger partial charge in [0.05, 0.1) is 7.11 Å². The minimum atomic E-state index is -0.331. The second-order valence-corrected chi connectivity index (χ2v) is 3.90. The molecule has 0 spiro atoms. The molecule has 0 atom stereocenters. The van der Waals surface area contributed by atoms with E-state index in [9.17, 15) is 4.79 Å². The lowest BCUT2D eigenvalue weighted by atomic mass is 10.3. The molecule has 17 heavy (non-hydrogen) atoms. The minimum absolute atomic E-state index is 0.0956. The third kappa shape index (κ3) is 3.90. The van der Waals surface area contributed by atoms with Gasteiger partial charge in [-0.2, -0.15) is 0 Å². The number of carbonyl (C=O) groups excluding carboxylic acids is 1. The number of carbonyl (C=O) groups is 1. The molecule has 6 nitrogen and oxygen atoms in total. The molecule has 0 bridgehead atoms. The number of nitrogens with zero attached hydrogens (tertiary/aromatic N) is 3. The Morgan fingerprint density at radius 1 is 1.53 bits per heavy atom. The van der Waals surface area contributed by atoms with Crippen LogP contribution in [0, 0.1) is 0 Å². The molecule has 0 aliphatic rings. The highest BCUT2D eigenvalue weighted by Gasteiger charge is 2.08. The highest BCUT2D eigenvalue weighted by atomic mass is 16.5. The number of anilines is 2. The van der Waals surface area contributed by atoms with Crippen molar-refractivity contribution in [3.8, 4) is 0 Å². The molecule has 0 fully saturated rings. The molecule has 0 aromatic carbocycles. The summed E-state index contributed by atoms with van der Waals surface area (Å²) in [6.45, 7) is 4.24. The van der Waals surface area contributed by atoms with Gasteiger partial charge in [-0.1, -0.05) is 0 Å². The van der Waals surface area contributed by atoms with Gasteiger partial charge < -0.3 is 15.0 Å². The third-order valence-corrected chi connectivity index (χ3v) is 2.43. The molecule has 94 valence electrons. The lowest BCUT2D eigenvalue weighted by Crippen LogP contribution is -2.26. The summed E-state index contributed by atoms with van der Waals surface area (Å²) in [6.07, 6.45) is 1.47. The Bertz CT molecular complexity index is 381. The van der Waals surface area contributed by atoms with Crippen LogP contribution in [0.5, 0.6) is 0 Å². The van der Waals surface area contributed by atoms with Crippen molar-refractivity contribution >= 4 is 17.6 Å². The van der Waals surface area contributed by atoms with Crippen LogP contribution in [0.2, 0.25) is 0 Å². The van der Waals surface area contributed by atoms with E-state index in [1.54, 1.807) is 6.07 Å². The first-order valence-corrected chi connectivity index (χ1v) is 5.40. The molecule has 0 radical (unpaired) electrons. The van der Waals surface area contributed by atoms with Gasteiger partial charge in [-0.25, -0.2) is 9.97 Å². The Balaban J connectivity index is 2.69. The average Bonchev–Trinajstić information content (AvgIpc) is 2.35. The van der Waals surface area contributed by atoms with E-state index < -0.39 is 0 Å². The van der Waals surface area contributed by atoms with Gasteiger partial charge in [0.1, 0.15) is 24.5 Å². The van der Waals surface area contributed by atoms with Gasteiger partial charge >= 0.3 is 5.97 Å². The molecule has 0 aliphatic heterocycles. The maximum atomic E-state index is 11.0. The molecular formula is C11H18N4O2. The Hall–Kier alpha value is -1.85. The molecule has 0 saturated heterocycles.